The van der Waals surface area contributed by atoms with E-state index in [2.05, 4.69) is 15.2 Å². The molecular formula is C14H20N4O2. The van der Waals surface area contributed by atoms with Crippen molar-refractivity contribution in [2.75, 3.05) is 32.0 Å². The zero-order valence-electron chi connectivity index (χ0n) is 11.4. The van der Waals surface area contributed by atoms with Crippen LogP contribution in [0.1, 0.15) is 23.2 Å². The summed E-state index contributed by atoms with van der Waals surface area (Å²) in [6.45, 7) is 3.38. The lowest BCUT2D eigenvalue weighted by Crippen LogP contribution is -2.50. The van der Waals surface area contributed by atoms with Crippen molar-refractivity contribution in [3.05, 3.63) is 23.9 Å². The maximum atomic E-state index is 12.0. The summed E-state index contributed by atoms with van der Waals surface area (Å²) < 4.78 is 5.81. The van der Waals surface area contributed by atoms with Gasteiger partial charge in [-0.15, -0.1) is 0 Å². The zero-order valence-corrected chi connectivity index (χ0v) is 11.4. The SMILES string of the molecule is Nc1ccc(C(=O)NCC2CN3CCCC3CO2)cn1. The van der Waals surface area contributed by atoms with Gasteiger partial charge in [0.05, 0.1) is 18.3 Å². The van der Waals surface area contributed by atoms with E-state index in [1.807, 2.05) is 0 Å². The van der Waals surface area contributed by atoms with Crippen LogP contribution in [0.2, 0.25) is 0 Å². The van der Waals surface area contributed by atoms with E-state index in [9.17, 15) is 4.79 Å². The predicted octanol–water partition coefficient (Wildman–Crippen LogP) is 0.257. The Morgan fingerprint density at radius 3 is 3.25 bits per heavy atom. The maximum Gasteiger partial charge on any atom is 0.252 e. The number of hydrogen-bond acceptors (Lipinski definition) is 5. The largest absolute Gasteiger partial charge is 0.384 e. The van der Waals surface area contributed by atoms with Crippen LogP contribution >= 0.6 is 0 Å². The molecule has 0 bridgehead atoms. The topological polar surface area (TPSA) is 80.5 Å². The fraction of sp³-hybridized carbons (Fsp3) is 0.571. The second-order valence-electron chi connectivity index (χ2n) is 5.43. The molecule has 6 nitrogen and oxygen atoms in total. The number of rotatable bonds is 3. The van der Waals surface area contributed by atoms with Gasteiger partial charge in [0.2, 0.25) is 0 Å². The summed E-state index contributed by atoms with van der Waals surface area (Å²) in [7, 11) is 0. The van der Waals surface area contributed by atoms with E-state index in [1.54, 1.807) is 12.1 Å². The number of morpholine rings is 1. The first-order valence-electron chi connectivity index (χ1n) is 7.08. The average Bonchev–Trinajstić information content (AvgIpc) is 2.93. The van der Waals surface area contributed by atoms with Crippen LogP contribution in [0.4, 0.5) is 5.82 Å². The predicted molar refractivity (Wildman–Crippen MR) is 75.3 cm³/mol. The van der Waals surface area contributed by atoms with E-state index in [4.69, 9.17) is 10.5 Å². The number of anilines is 1. The lowest BCUT2D eigenvalue weighted by Gasteiger charge is -2.35. The van der Waals surface area contributed by atoms with Crippen molar-refractivity contribution in [2.45, 2.75) is 25.0 Å². The van der Waals surface area contributed by atoms with Crippen molar-refractivity contribution in [1.29, 1.82) is 0 Å². The standard InChI is InChI=1S/C14H20N4O2/c15-13-4-3-10(6-16-13)14(19)17-7-12-8-18-5-1-2-11(18)9-20-12/h3-4,6,11-12H,1-2,5,7-9H2,(H2,15,16)(H,17,19). The van der Waals surface area contributed by atoms with Crippen LogP contribution in [-0.2, 0) is 4.74 Å². The van der Waals surface area contributed by atoms with Gasteiger partial charge in [0, 0.05) is 25.3 Å². The highest BCUT2D eigenvalue weighted by atomic mass is 16.5. The molecule has 0 saturated carbocycles. The third kappa shape index (κ3) is 2.91. The van der Waals surface area contributed by atoms with Gasteiger partial charge < -0.3 is 15.8 Å². The molecule has 2 atom stereocenters. The Morgan fingerprint density at radius 1 is 1.55 bits per heavy atom. The molecule has 3 heterocycles. The van der Waals surface area contributed by atoms with Crippen LogP contribution in [-0.4, -0.2) is 54.2 Å². The summed E-state index contributed by atoms with van der Waals surface area (Å²) in [5, 5.41) is 2.90. The molecule has 0 radical (unpaired) electrons. The van der Waals surface area contributed by atoms with Crippen molar-refractivity contribution in [3.8, 4) is 0 Å². The van der Waals surface area contributed by atoms with Gasteiger partial charge in [-0.05, 0) is 31.5 Å². The molecule has 0 aliphatic carbocycles. The Morgan fingerprint density at radius 2 is 2.45 bits per heavy atom. The van der Waals surface area contributed by atoms with Gasteiger partial charge in [0.1, 0.15) is 5.82 Å². The van der Waals surface area contributed by atoms with Crippen molar-refractivity contribution in [1.82, 2.24) is 15.2 Å². The number of hydrogen-bond donors (Lipinski definition) is 2. The van der Waals surface area contributed by atoms with Crippen LogP contribution < -0.4 is 11.1 Å². The molecular weight excluding hydrogens is 256 g/mol. The number of amides is 1. The minimum Gasteiger partial charge on any atom is -0.384 e. The molecule has 1 amide bonds. The number of nitrogens with one attached hydrogen (secondary N) is 1. The summed E-state index contributed by atoms with van der Waals surface area (Å²) in [4.78, 5) is 18.3. The lowest BCUT2D eigenvalue weighted by atomic mass is 10.2. The first-order valence-corrected chi connectivity index (χ1v) is 7.08. The highest BCUT2D eigenvalue weighted by Crippen LogP contribution is 2.22. The van der Waals surface area contributed by atoms with E-state index in [0.717, 1.165) is 19.7 Å². The van der Waals surface area contributed by atoms with Crippen LogP contribution in [0.3, 0.4) is 0 Å². The summed E-state index contributed by atoms with van der Waals surface area (Å²) in [6.07, 6.45) is 4.05. The number of pyridine rings is 1. The van der Waals surface area contributed by atoms with Gasteiger partial charge in [-0.1, -0.05) is 0 Å². The fourth-order valence-corrected chi connectivity index (χ4v) is 2.86. The number of carbonyl (C=O) groups is 1. The zero-order chi connectivity index (χ0) is 13.9. The quantitative estimate of drug-likeness (QED) is 0.827. The molecule has 108 valence electrons. The highest BCUT2D eigenvalue weighted by Gasteiger charge is 2.32. The molecule has 2 aliphatic heterocycles. The summed E-state index contributed by atoms with van der Waals surface area (Å²) >= 11 is 0. The molecule has 0 aromatic carbocycles. The fourth-order valence-electron chi connectivity index (χ4n) is 2.86. The number of ether oxygens (including phenoxy) is 1. The number of fused-ring (bicyclic) bond motifs is 1. The van der Waals surface area contributed by atoms with E-state index >= 15 is 0 Å². The van der Waals surface area contributed by atoms with Crippen molar-refractivity contribution in [2.24, 2.45) is 0 Å². The van der Waals surface area contributed by atoms with E-state index in [-0.39, 0.29) is 12.0 Å². The van der Waals surface area contributed by atoms with Crippen LogP contribution in [0.25, 0.3) is 0 Å². The number of carbonyl (C=O) groups excluding carboxylic acids is 1. The van der Waals surface area contributed by atoms with Crippen LogP contribution in [0.5, 0.6) is 0 Å². The Bertz CT molecular complexity index is 477. The maximum absolute atomic E-state index is 12.0. The molecule has 1 aromatic rings. The highest BCUT2D eigenvalue weighted by molar-refractivity contribution is 5.94. The lowest BCUT2D eigenvalue weighted by molar-refractivity contribution is -0.0461. The molecule has 1 aromatic heterocycles. The van der Waals surface area contributed by atoms with Crippen LogP contribution in [0.15, 0.2) is 18.3 Å². The molecule has 20 heavy (non-hydrogen) atoms. The third-order valence-corrected chi connectivity index (χ3v) is 4.00. The number of nitrogens with two attached hydrogens (primary N) is 1. The van der Waals surface area contributed by atoms with Gasteiger partial charge in [0.25, 0.3) is 5.91 Å². The molecule has 2 aliphatic rings. The number of aromatic nitrogens is 1. The monoisotopic (exact) mass is 276 g/mol. The Balaban J connectivity index is 1.49. The molecule has 0 spiro atoms. The average molecular weight is 276 g/mol. The number of nitrogen functional groups attached to an aromatic ring is 1. The van der Waals surface area contributed by atoms with Crippen molar-refractivity contribution >= 4 is 11.7 Å². The van der Waals surface area contributed by atoms with E-state index < -0.39 is 0 Å². The summed E-state index contributed by atoms with van der Waals surface area (Å²) in [6, 6.07) is 3.89. The van der Waals surface area contributed by atoms with Gasteiger partial charge in [0.15, 0.2) is 0 Å². The minimum atomic E-state index is -0.135. The minimum absolute atomic E-state index is 0.0787. The molecule has 3 N–H and O–H groups in total. The van der Waals surface area contributed by atoms with E-state index in [0.29, 0.717) is 24.0 Å². The van der Waals surface area contributed by atoms with Crippen LogP contribution in [0, 0.1) is 0 Å². The Kier molecular flexibility index (Phi) is 3.84. The van der Waals surface area contributed by atoms with Gasteiger partial charge in [-0.3, -0.25) is 9.69 Å². The molecule has 2 unspecified atom stereocenters. The summed E-state index contributed by atoms with van der Waals surface area (Å²) in [5.41, 5.74) is 6.02. The second kappa shape index (κ2) is 5.76. The van der Waals surface area contributed by atoms with E-state index in [1.165, 1.54) is 19.0 Å². The smallest absolute Gasteiger partial charge is 0.252 e. The van der Waals surface area contributed by atoms with Gasteiger partial charge >= 0.3 is 0 Å². The van der Waals surface area contributed by atoms with Crippen molar-refractivity contribution < 1.29 is 9.53 Å². The third-order valence-electron chi connectivity index (χ3n) is 4.00. The molecule has 2 saturated heterocycles. The Hall–Kier alpha value is -1.66. The molecule has 3 rings (SSSR count). The second-order valence-corrected chi connectivity index (χ2v) is 5.43. The summed E-state index contributed by atoms with van der Waals surface area (Å²) in [5.74, 6) is 0.280. The molecule has 6 heteroatoms. The number of nitrogens with zero attached hydrogens (tertiary/aromatic N) is 2. The van der Waals surface area contributed by atoms with Gasteiger partial charge in [-0.2, -0.15) is 0 Å². The van der Waals surface area contributed by atoms with Crippen molar-refractivity contribution in [3.63, 3.8) is 0 Å². The molecule has 2 fully saturated rings. The normalized spacial score (nSPS) is 26.2. The van der Waals surface area contributed by atoms with Gasteiger partial charge in [-0.25, -0.2) is 4.98 Å². The Labute approximate surface area is 118 Å². The first-order chi connectivity index (χ1) is 9.72. The first kappa shape index (κ1) is 13.3.